The van der Waals surface area contributed by atoms with Crippen LogP contribution in [0.3, 0.4) is 0 Å². The van der Waals surface area contributed by atoms with E-state index in [1.165, 1.54) is 115 Å². The summed E-state index contributed by atoms with van der Waals surface area (Å²) >= 11 is 2.05. The molecule has 272 valence electrons. The van der Waals surface area contributed by atoms with E-state index in [4.69, 9.17) is 0 Å². The van der Waals surface area contributed by atoms with Crippen LogP contribution in [0, 0.1) is 11.8 Å². The number of allylic oxidation sites excluding steroid dienone is 12. The van der Waals surface area contributed by atoms with Crippen molar-refractivity contribution in [2.75, 3.05) is 0 Å². The van der Waals surface area contributed by atoms with Crippen LogP contribution in [-0.2, 0) is 0 Å². The van der Waals surface area contributed by atoms with Gasteiger partial charge in [-0.1, -0.05) is 170 Å². The number of fused-ring (bicyclic) bond motifs is 8. The monoisotopic (exact) mass is 755 g/mol. The topological polar surface area (TPSA) is 4.93 Å². The number of para-hydroxylation sites is 2. The molecule has 13 rings (SSSR count). The summed E-state index contributed by atoms with van der Waals surface area (Å²) in [6.45, 7) is 0. The van der Waals surface area contributed by atoms with Crippen LogP contribution in [0.5, 0.6) is 0 Å². The van der Waals surface area contributed by atoms with Crippen molar-refractivity contribution >= 4 is 61.1 Å². The van der Waals surface area contributed by atoms with Crippen LogP contribution in [0.15, 0.2) is 209 Å². The van der Waals surface area contributed by atoms with Crippen molar-refractivity contribution < 1.29 is 0 Å². The summed E-state index contributed by atoms with van der Waals surface area (Å²) in [5.41, 5.74) is 20.4. The molecule has 2 unspecified atom stereocenters. The maximum Gasteiger partial charge on any atom is 0.0541 e. The summed E-state index contributed by atoms with van der Waals surface area (Å²) in [4.78, 5) is 3.01. The first-order chi connectivity index (χ1) is 28.8. The van der Waals surface area contributed by atoms with Gasteiger partial charge in [-0.25, -0.2) is 0 Å². The zero-order valence-corrected chi connectivity index (χ0v) is 32.6. The van der Waals surface area contributed by atoms with Crippen LogP contribution in [0.1, 0.15) is 29.5 Å². The van der Waals surface area contributed by atoms with Crippen molar-refractivity contribution in [1.82, 2.24) is 4.57 Å². The van der Waals surface area contributed by atoms with E-state index in [2.05, 4.69) is 204 Å². The van der Waals surface area contributed by atoms with Crippen molar-refractivity contribution in [1.29, 1.82) is 0 Å². The van der Waals surface area contributed by atoms with Gasteiger partial charge in [-0.15, -0.1) is 0 Å². The number of aromatic nitrogens is 1. The normalized spacial score (nSPS) is 18.9. The van der Waals surface area contributed by atoms with Crippen LogP contribution in [-0.4, -0.2) is 4.57 Å². The van der Waals surface area contributed by atoms with Gasteiger partial charge in [-0.2, -0.15) is 0 Å². The SMILES string of the molecule is C1=C(c2ccc3c(c2)c2ccccc2n3-c2ccccc2)CCC2=C1C1=CC=C3c4c(c(-c5ccccc5)c5ccccc5c4-c4ccccc4)C4=CC=C(S2)C1C43. The van der Waals surface area contributed by atoms with Gasteiger partial charge < -0.3 is 4.57 Å². The Morgan fingerprint density at radius 1 is 0.431 bits per heavy atom. The van der Waals surface area contributed by atoms with Crippen molar-refractivity contribution in [3.8, 4) is 27.9 Å². The van der Waals surface area contributed by atoms with Gasteiger partial charge in [-0.05, 0) is 131 Å². The van der Waals surface area contributed by atoms with Crippen LogP contribution in [0.2, 0.25) is 0 Å². The second-order valence-corrected chi connectivity index (χ2v) is 17.4. The number of hydrogen-bond donors (Lipinski definition) is 0. The largest absolute Gasteiger partial charge is 0.309 e. The van der Waals surface area contributed by atoms with Gasteiger partial charge in [0.05, 0.1) is 11.0 Å². The van der Waals surface area contributed by atoms with Crippen molar-refractivity contribution in [2.45, 2.75) is 12.8 Å². The fourth-order valence-electron chi connectivity index (χ4n) is 10.9. The highest BCUT2D eigenvalue weighted by molar-refractivity contribution is 8.06. The molecular formula is C56H37NS. The lowest BCUT2D eigenvalue weighted by Crippen LogP contribution is -2.26. The molecule has 1 aromatic heterocycles. The molecule has 0 amide bonds. The molecule has 0 fully saturated rings. The molecule has 2 heterocycles. The Balaban J connectivity index is 0.990. The molecule has 0 radical (unpaired) electrons. The summed E-state index contributed by atoms with van der Waals surface area (Å²) in [7, 11) is 0. The molecule has 1 nitrogen and oxygen atoms in total. The van der Waals surface area contributed by atoms with Crippen LogP contribution >= 0.6 is 11.8 Å². The highest BCUT2D eigenvalue weighted by atomic mass is 32.2. The third-order valence-corrected chi connectivity index (χ3v) is 14.6. The quantitative estimate of drug-likeness (QED) is 0.173. The predicted molar refractivity (Wildman–Crippen MR) is 247 cm³/mol. The van der Waals surface area contributed by atoms with Gasteiger partial charge in [0.15, 0.2) is 0 Å². The lowest BCUT2D eigenvalue weighted by Gasteiger charge is -2.41. The number of rotatable bonds is 4. The Morgan fingerprint density at radius 2 is 1.00 bits per heavy atom. The predicted octanol–water partition coefficient (Wildman–Crippen LogP) is 15.0. The Bertz CT molecular complexity index is 3280. The molecule has 4 aliphatic carbocycles. The molecule has 0 saturated heterocycles. The smallest absolute Gasteiger partial charge is 0.0541 e. The maximum absolute atomic E-state index is 2.56. The number of thioether (sulfide) groups is 1. The lowest BCUT2D eigenvalue weighted by molar-refractivity contribution is 0.659. The Labute approximate surface area is 342 Å². The summed E-state index contributed by atoms with van der Waals surface area (Å²) in [6, 6.07) is 58.1. The molecule has 5 aliphatic rings. The van der Waals surface area contributed by atoms with Crippen molar-refractivity contribution in [3.05, 3.63) is 226 Å². The highest BCUT2D eigenvalue weighted by Gasteiger charge is 2.48. The number of nitrogens with zero attached hydrogens (tertiary/aromatic N) is 1. The zero-order valence-electron chi connectivity index (χ0n) is 31.8. The number of hydrogen-bond acceptors (Lipinski definition) is 1. The molecule has 2 atom stereocenters. The van der Waals surface area contributed by atoms with Crippen molar-refractivity contribution in [3.63, 3.8) is 0 Å². The van der Waals surface area contributed by atoms with Gasteiger partial charge >= 0.3 is 0 Å². The molecule has 0 spiro atoms. The van der Waals surface area contributed by atoms with E-state index in [9.17, 15) is 0 Å². The molecule has 7 aromatic carbocycles. The van der Waals surface area contributed by atoms with E-state index < -0.39 is 0 Å². The van der Waals surface area contributed by atoms with Gasteiger partial charge in [0.1, 0.15) is 0 Å². The Morgan fingerprint density at radius 3 is 1.69 bits per heavy atom. The minimum atomic E-state index is 0.275. The molecule has 0 saturated carbocycles. The second-order valence-electron chi connectivity index (χ2n) is 16.2. The van der Waals surface area contributed by atoms with Crippen LogP contribution < -0.4 is 0 Å². The van der Waals surface area contributed by atoms with Crippen LogP contribution in [0.4, 0.5) is 0 Å². The fraction of sp³-hybridized carbons (Fsp3) is 0.0714. The fourth-order valence-corrected chi connectivity index (χ4v) is 12.2. The molecule has 8 aromatic rings. The minimum absolute atomic E-state index is 0.275. The van der Waals surface area contributed by atoms with E-state index in [-0.39, 0.29) is 5.92 Å². The first-order valence-electron chi connectivity index (χ1n) is 20.5. The molecule has 0 bridgehead atoms. The minimum Gasteiger partial charge on any atom is -0.309 e. The standard InChI is InChI=1S/C56H37NS/c1-4-14-34(15-5-1)51-40-21-10-11-22-41(40)52(35-16-6-2-7-17-35)56-44-28-31-50-54-42(26-27-43(53(44)54)55(51)56)46-33-37(25-30-49(46)58-50)36-24-29-48-45(32-36)39-20-12-13-23-47(39)57(48)38-18-8-3-9-19-38/h1-24,26-29,31-33,53-54H,25,30H2. The Kier molecular flexibility index (Phi) is 6.97. The highest BCUT2D eigenvalue weighted by Crippen LogP contribution is 2.66. The first kappa shape index (κ1) is 32.5. The molecule has 1 aliphatic heterocycles. The molecule has 0 N–H and O–H groups in total. The summed E-state index contributed by atoms with van der Waals surface area (Å²) in [6.07, 6.45) is 14.6. The molecular weight excluding hydrogens is 719 g/mol. The second kappa shape index (κ2) is 12.4. The van der Waals surface area contributed by atoms with Gasteiger partial charge in [0.2, 0.25) is 0 Å². The average molecular weight is 756 g/mol. The molecule has 2 heteroatoms. The third kappa shape index (κ3) is 4.55. The van der Waals surface area contributed by atoms with Crippen molar-refractivity contribution in [2.24, 2.45) is 11.8 Å². The maximum atomic E-state index is 2.56. The van der Waals surface area contributed by atoms with E-state index in [1.54, 1.807) is 0 Å². The lowest BCUT2D eigenvalue weighted by atomic mass is 9.70. The van der Waals surface area contributed by atoms with E-state index in [1.807, 2.05) is 0 Å². The van der Waals surface area contributed by atoms with Crippen LogP contribution in [0.25, 0.3) is 77.2 Å². The number of benzene rings is 7. The van der Waals surface area contributed by atoms with Gasteiger partial charge in [0.25, 0.3) is 0 Å². The summed E-state index contributed by atoms with van der Waals surface area (Å²) in [5.74, 6) is 0.575. The third-order valence-electron chi connectivity index (χ3n) is 13.3. The van der Waals surface area contributed by atoms with E-state index in [0.29, 0.717) is 5.92 Å². The Hall–Kier alpha value is -6.61. The van der Waals surface area contributed by atoms with Gasteiger partial charge in [-0.3, -0.25) is 0 Å². The summed E-state index contributed by atoms with van der Waals surface area (Å²) < 4.78 is 2.41. The summed E-state index contributed by atoms with van der Waals surface area (Å²) in [5, 5.41) is 5.25. The zero-order chi connectivity index (χ0) is 37.9. The van der Waals surface area contributed by atoms with Gasteiger partial charge in [0, 0.05) is 28.3 Å². The average Bonchev–Trinajstić information content (AvgIpc) is 3.81. The van der Waals surface area contributed by atoms with E-state index in [0.717, 1.165) is 12.8 Å². The molecule has 58 heavy (non-hydrogen) atoms. The van der Waals surface area contributed by atoms with E-state index >= 15 is 0 Å². The first-order valence-corrected chi connectivity index (χ1v) is 21.4.